The fraction of sp³-hybridized carbons (Fsp3) is 0. The summed E-state index contributed by atoms with van der Waals surface area (Å²) in [7, 11) is -3.31. The SMILES string of the molecule is [2H]C([2H])=C(c1ccccc1)P(=O)(c1ccccc1)c1ccccc1. The number of hydrogen-bond acceptors (Lipinski definition) is 1. The molecule has 0 fully saturated rings. The van der Waals surface area contributed by atoms with Crippen LogP contribution in [0.1, 0.15) is 8.30 Å². The summed E-state index contributed by atoms with van der Waals surface area (Å²) in [6.07, 6.45) is 0. The van der Waals surface area contributed by atoms with E-state index in [0.717, 1.165) is 0 Å². The molecule has 0 saturated carbocycles. The van der Waals surface area contributed by atoms with Gasteiger partial charge >= 0.3 is 0 Å². The number of benzene rings is 3. The third-order valence-electron chi connectivity index (χ3n) is 3.60. The van der Waals surface area contributed by atoms with Crippen molar-refractivity contribution < 1.29 is 7.31 Å². The minimum Gasteiger partial charge on any atom is -0.309 e. The van der Waals surface area contributed by atoms with Gasteiger partial charge in [-0.15, -0.1) is 0 Å². The fourth-order valence-corrected chi connectivity index (χ4v) is 4.97. The smallest absolute Gasteiger partial charge is 0.171 e. The van der Waals surface area contributed by atoms with Crippen LogP contribution in [-0.4, -0.2) is 0 Å². The van der Waals surface area contributed by atoms with Crippen molar-refractivity contribution in [1.82, 2.24) is 0 Å². The first-order chi connectivity index (χ1) is 11.6. The van der Waals surface area contributed by atoms with Crippen LogP contribution in [0.5, 0.6) is 0 Å². The van der Waals surface area contributed by atoms with E-state index < -0.39 is 13.7 Å². The van der Waals surface area contributed by atoms with E-state index in [0.29, 0.717) is 16.2 Å². The molecular formula is C20H17OP. The third-order valence-corrected chi connectivity index (χ3v) is 6.54. The maximum Gasteiger partial charge on any atom is 0.171 e. The molecule has 0 aromatic heterocycles. The van der Waals surface area contributed by atoms with Crippen molar-refractivity contribution >= 4 is 23.1 Å². The zero-order chi connectivity index (χ0) is 17.0. The monoisotopic (exact) mass is 306 g/mol. The lowest BCUT2D eigenvalue weighted by molar-refractivity contribution is 0.593. The Morgan fingerprint density at radius 2 is 1.14 bits per heavy atom. The highest BCUT2D eigenvalue weighted by Gasteiger charge is 2.31. The van der Waals surface area contributed by atoms with Crippen LogP contribution < -0.4 is 10.6 Å². The summed E-state index contributed by atoms with van der Waals surface area (Å²) in [5, 5.41) is 1.53. The van der Waals surface area contributed by atoms with E-state index in [9.17, 15) is 4.57 Å². The van der Waals surface area contributed by atoms with Gasteiger partial charge in [0.25, 0.3) is 0 Å². The van der Waals surface area contributed by atoms with Crippen molar-refractivity contribution in [1.29, 1.82) is 0 Å². The molecule has 0 aliphatic heterocycles. The molecular weight excluding hydrogens is 287 g/mol. The van der Waals surface area contributed by atoms with E-state index in [1.165, 1.54) is 0 Å². The van der Waals surface area contributed by atoms with Crippen LogP contribution in [0, 0.1) is 0 Å². The van der Waals surface area contributed by atoms with Gasteiger partial charge in [0.2, 0.25) is 0 Å². The van der Waals surface area contributed by atoms with Gasteiger partial charge in [-0.25, -0.2) is 0 Å². The average molecular weight is 306 g/mol. The van der Waals surface area contributed by atoms with Gasteiger partial charge in [0.05, 0.1) is 2.74 Å². The summed E-state index contributed by atoms with van der Waals surface area (Å²) in [6.45, 7) is -0.419. The lowest BCUT2D eigenvalue weighted by atomic mass is 10.2. The Labute approximate surface area is 134 Å². The maximum atomic E-state index is 14.3. The highest BCUT2D eigenvalue weighted by atomic mass is 31.2. The molecule has 0 radical (unpaired) electrons. The quantitative estimate of drug-likeness (QED) is 0.640. The Morgan fingerprint density at radius 3 is 1.55 bits per heavy atom. The van der Waals surface area contributed by atoms with Crippen molar-refractivity contribution in [3.8, 4) is 0 Å². The van der Waals surface area contributed by atoms with Crippen LogP contribution in [0.15, 0.2) is 97.5 Å². The minimum absolute atomic E-state index is 0.264. The van der Waals surface area contributed by atoms with E-state index >= 15 is 0 Å². The molecule has 22 heavy (non-hydrogen) atoms. The molecule has 0 spiro atoms. The van der Waals surface area contributed by atoms with Crippen LogP contribution in [-0.2, 0) is 4.57 Å². The average Bonchev–Trinajstić information content (AvgIpc) is 2.64. The first-order valence-corrected chi connectivity index (χ1v) is 8.79. The third kappa shape index (κ3) is 2.56. The van der Waals surface area contributed by atoms with Crippen LogP contribution in [0.3, 0.4) is 0 Å². The predicted octanol–water partition coefficient (Wildman–Crippen LogP) is 4.67. The van der Waals surface area contributed by atoms with Gasteiger partial charge in [-0.1, -0.05) is 97.5 Å². The molecule has 3 rings (SSSR count). The normalized spacial score (nSPS) is 12.2. The van der Waals surface area contributed by atoms with Crippen LogP contribution in [0.2, 0.25) is 0 Å². The molecule has 108 valence electrons. The summed E-state index contributed by atoms with van der Waals surface area (Å²) in [4.78, 5) is 0. The maximum absolute atomic E-state index is 14.3. The summed E-state index contributed by atoms with van der Waals surface area (Å²) in [5.74, 6) is 0. The first kappa shape index (κ1) is 12.2. The zero-order valence-electron chi connectivity index (χ0n) is 14.0. The molecule has 0 unspecified atom stereocenters. The molecule has 0 heterocycles. The Hall–Kier alpha value is -2.37. The minimum atomic E-state index is -3.31. The van der Waals surface area contributed by atoms with Crippen LogP contribution >= 0.6 is 7.14 Å². The molecule has 0 bridgehead atoms. The molecule has 0 aliphatic rings. The zero-order valence-corrected chi connectivity index (χ0v) is 12.9. The lowest BCUT2D eigenvalue weighted by Crippen LogP contribution is -2.16. The Bertz CT molecular complexity index is 843. The summed E-state index contributed by atoms with van der Waals surface area (Å²) in [5.41, 5.74) is 0.647. The fourth-order valence-electron chi connectivity index (χ4n) is 2.46. The van der Waals surface area contributed by atoms with E-state index in [1.807, 2.05) is 54.6 Å². The molecule has 0 atom stereocenters. The molecule has 0 saturated heterocycles. The van der Waals surface area contributed by atoms with E-state index in [2.05, 4.69) is 0 Å². The van der Waals surface area contributed by atoms with E-state index in [4.69, 9.17) is 2.74 Å². The highest BCUT2D eigenvalue weighted by molar-refractivity contribution is 7.87. The molecule has 3 aromatic rings. The van der Waals surface area contributed by atoms with E-state index in [-0.39, 0.29) is 5.31 Å². The van der Waals surface area contributed by atoms with Crippen molar-refractivity contribution in [3.63, 3.8) is 0 Å². The largest absolute Gasteiger partial charge is 0.309 e. The molecule has 2 heteroatoms. The van der Waals surface area contributed by atoms with Crippen molar-refractivity contribution in [3.05, 3.63) is 103 Å². The van der Waals surface area contributed by atoms with Crippen LogP contribution in [0.4, 0.5) is 0 Å². The number of hydrogen-bond donors (Lipinski definition) is 0. The van der Waals surface area contributed by atoms with Gasteiger partial charge in [0.1, 0.15) is 0 Å². The summed E-state index contributed by atoms with van der Waals surface area (Å²) >= 11 is 0. The van der Waals surface area contributed by atoms with Gasteiger partial charge in [0.15, 0.2) is 7.14 Å². The van der Waals surface area contributed by atoms with Gasteiger partial charge in [0, 0.05) is 15.9 Å². The van der Waals surface area contributed by atoms with Gasteiger partial charge < -0.3 is 4.57 Å². The lowest BCUT2D eigenvalue weighted by Gasteiger charge is -2.22. The van der Waals surface area contributed by atoms with Crippen LogP contribution in [0.25, 0.3) is 5.31 Å². The Kier molecular flexibility index (Phi) is 3.42. The van der Waals surface area contributed by atoms with Gasteiger partial charge in [-0.3, -0.25) is 0 Å². The molecule has 0 N–H and O–H groups in total. The highest BCUT2D eigenvalue weighted by Crippen LogP contribution is 2.55. The number of rotatable bonds is 4. The Balaban J connectivity index is 2.34. The molecule has 0 aliphatic carbocycles. The van der Waals surface area contributed by atoms with Crippen molar-refractivity contribution in [2.75, 3.05) is 0 Å². The molecule has 0 amide bonds. The second-order valence-corrected chi connectivity index (χ2v) is 7.69. The predicted molar refractivity (Wildman–Crippen MR) is 95.2 cm³/mol. The summed E-state index contributed by atoms with van der Waals surface area (Å²) < 4.78 is 30.3. The molecule has 1 nitrogen and oxygen atoms in total. The topological polar surface area (TPSA) is 17.1 Å². The van der Waals surface area contributed by atoms with Gasteiger partial charge in [-0.05, 0) is 5.56 Å². The Morgan fingerprint density at radius 1 is 0.727 bits per heavy atom. The van der Waals surface area contributed by atoms with Crippen molar-refractivity contribution in [2.24, 2.45) is 0 Å². The summed E-state index contributed by atoms with van der Waals surface area (Å²) in [6, 6.07) is 27.4. The first-order valence-electron chi connectivity index (χ1n) is 8.09. The standard InChI is InChI=1S/C20H17OP/c1-17(18-11-5-2-6-12-18)22(21,19-13-7-3-8-14-19)20-15-9-4-10-16-20/h2-16H,1H2/i1D2. The van der Waals surface area contributed by atoms with E-state index in [1.54, 1.807) is 36.4 Å². The van der Waals surface area contributed by atoms with Crippen molar-refractivity contribution in [2.45, 2.75) is 0 Å². The van der Waals surface area contributed by atoms with Gasteiger partial charge in [-0.2, -0.15) is 0 Å². The molecule has 3 aromatic carbocycles. The second kappa shape index (κ2) is 6.17. The second-order valence-electron chi connectivity index (χ2n) is 5.00.